The van der Waals surface area contributed by atoms with Gasteiger partial charge in [-0.15, -0.1) is 0 Å². The molecule has 4 heteroatoms. The molecular weight excluding hydrogens is 318 g/mol. The van der Waals surface area contributed by atoms with E-state index in [0.717, 1.165) is 9.14 Å². The van der Waals surface area contributed by atoms with Crippen LogP contribution in [0.4, 0.5) is 4.39 Å². The predicted octanol–water partition coefficient (Wildman–Crippen LogP) is 3.17. The molecule has 0 saturated heterocycles. The van der Waals surface area contributed by atoms with Gasteiger partial charge in [-0.05, 0) is 53.3 Å². The molecule has 0 amide bonds. The van der Waals surface area contributed by atoms with Gasteiger partial charge in [0.1, 0.15) is 5.82 Å². The minimum Gasteiger partial charge on any atom is -0.306 e. The molecule has 2 rings (SSSR count). The highest BCUT2D eigenvalue weighted by Crippen LogP contribution is 2.15. The molecular formula is C12H12FIN2. The van der Waals surface area contributed by atoms with Crippen molar-refractivity contribution in [2.45, 2.75) is 13.5 Å². The molecule has 0 aliphatic carbocycles. The van der Waals surface area contributed by atoms with Gasteiger partial charge >= 0.3 is 0 Å². The van der Waals surface area contributed by atoms with Crippen LogP contribution in [-0.4, -0.2) is 5.01 Å². The van der Waals surface area contributed by atoms with E-state index < -0.39 is 0 Å². The number of halogens is 2. The van der Waals surface area contributed by atoms with Gasteiger partial charge in [0.25, 0.3) is 0 Å². The minimum atomic E-state index is -0.159. The highest BCUT2D eigenvalue weighted by Gasteiger charge is 2.07. The Morgan fingerprint density at radius 1 is 1.44 bits per heavy atom. The first-order valence-corrected chi connectivity index (χ1v) is 6.05. The van der Waals surface area contributed by atoms with E-state index in [2.05, 4.69) is 28.0 Å². The molecule has 0 radical (unpaired) electrons. The Morgan fingerprint density at radius 2 is 2.25 bits per heavy atom. The largest absolute Gasteiger partial charge is 0.306 e. The van der Waals surface area contributed by atoms with E-state index in [9.17, 15) is 4.39 Å². The van der Waals surface area contributed by atoms with Crippen molar-refractivity contribution in [3.8, 4) is 0 Å². The van der Waals surface area contributed by atoms with Crippen LogP contribution in [-0.2, 0) is 6.54 Å². The SMILES string of the molecule is CC1=CNN(Cc2ccc(I)cc2F)C=C1. The van der Waals surface area contributed by atoms with Crippen LogP contribution in [0.25, 0.3) is 0 Å². The molecule has 1 aliphatic rings. The highest BCUT2D eigenvalue weighted by atomic mass is 127. The van der Waals surface area contributed by atoms with Gasteiger partial charge in [-0.25, -0.2) is 4.39 Å². The summed E-state index contributed by atoms with van der Waals surface area (Å²) in [6.07, 6.45) is 5.79. The molecule has 1 aromatic carbocycles. The number of allylic oxidation sites excluding steroid dienone is 2. The van der Waals surface area contributed by atoms with Crippen molar-refractivity contribution in [1.82, 2.24) is 10.4 Å². The molecule has 0 atom stereocenters. The molecule has 0 bridgehead atoms. The van der Waals surface area contributed by atoms with Crippen molar-refractivity contribution in [2.24, 2.45) is 0 Å². The third-order valence-corrected chi connectivity index (χ3v) is 3.00. The zero-order valence-corrected chi connectivity index (χ0v) is 11.0. The number of hydrogen-bond acceptors (Lipinski definition) is 2. The quantitative estimate of drug-likeness (QED) is 0.838. The van der Waals surface area contributed by atoms with Crippen LogP contribution in [0.3, 0.4) is 0 Å². The molecule has 2 nitrogen and oxygen atoms in total. The lowest BCUT2D eigenvalue weighted by Gasteiger charge is -2.23. The monoisotopic (exact) mass is 330 g/mol. The normalized spacial score (nSPS) is 14.7. The van der Waals surface area contributed by atoms with E-state index in [-0.39, 0.29) is 5.82 Å². The van der Waals surface area contributed by atoms with E-state index >= 15 is 0 Å². The molecule has 1 aromatic rings. The molecule has 1 N–H and O–H groups in total. The zero-order valence-electron chi connectivity index (χ0n) is 8.87. The zero-order chi connectivity index (χ0) is 11.5. The average molecular weight is 330 g/mol. The number of nitrogens with zero attached hydrogens (tertiary/aromatic N) is 1. The van der Waals surface area contributed by atoms with Crippen molar-refractivity contribution in [1.29, 1.82) is 0 Å². The molecule has 1 aliphatic heterocycles. The van der Waals surface area contributed by atoms with Gasteiger partial charge in [0.15, 0.2) is 0 Å². The number of benzene rings is 1. The first-order chi connectivity index (χ1) is 7.65. The van der Waals surface area contributed by atoms with Crippen LogP contribution in [0.2, 0.25) is 0 Å². The maximum absolute atomic E-state index is 13.6. The summed E-state index contributed by atoms with van der Waals surface area (Å²) in [5.41, 5.74) is 4.91. The lowest BCUT2D eigenvalue weighted by Crippen LogP contribution is -2.30. The highest BCUT2D eigenvalue weighted by molar-refractivity contribution is 14.1. The molecule has 84 valence electrons. The summed E-state index contributed by atoms with van der Waals surface area (Å²) in [5.74, 6) is -0.159. The van der Waals surface area contributed by atoms with Gasteiger partial charge in [-0.2, -0.15) is 0 Å². The predicted molar refractivity (Wildman–Crippen MR) is 70.7 cm³/mol. The molecule has 0 saturated carbocycles. The van der Waals surface area contributed by atoms with E-state index in [4.69, 9.17) is 0 Å². The standard InChI is InChI=1S/C12H12FIN2/c1-9-4-5-16(15-7-9)8-10-2-3-11(14)6-12(10)13/h2-7,15H,8H2,1H3. The third kappa shape index (κ3) is 2.75. The number of rotatable bonds is 2. The second kappa shape index (κ2) is 4.86. The lowest BCUT2D eigenvalue weighted by molar-refractivity contribution is 0.297. The van der Waals surface area contributed by atoms with Gasteiger partial charge < -0.3 is 5.43 Å². The molecule has 0 aromatic heterocycles. The van der Waals surface area contributed by atoms with Crippen molar-refractivity contribution in [3.63, 3.8) is 0 Å². The maximum atomic E-state index is 13.6. The van der Waals surface area contributed by atoms with Crippen LogP contribution in [0.1, 0.15) is 12.5 Å². The summed E-state index contributed by atoms with van der Waals surface area (Å²) in [4.78, 5) is 0. The Hall–Kier alpha value is -1.04. The van der Waals surface area contributed by atoms with Gasteiger partial charge in [0.05, 0.1) is 6.54 Å². The summed E-state index contributed by atoms with van der Waals surface area (Å²) in [6, 6.07) is 5.27. The Bertz CT molecular complexity index is 454. The summed E-state index contributed by atoms with van der Waals surface area (Å²) in [5, 5.41) is 1.85. The van der Waals surface area contributed by atoms with Crippen molar-refractivity contribution in [3.05, 3.63) is 57.2 Å². The molecule has 1 heterocycles. The first kappa shape index (κ1) is 11.4. The lowest BCUT2D eigenvalue weighted by atomic mass is 10.2. The fraction of sp³-hybridized carbons (Fsp3) is 0.167. The van der Waals surface area contributed by atoms with Crippen molar-refractivity contribution >= 4 is 22.6 Å². The molecule has 16 heavy (non-hydrogen) atoms. The van der Waals surface area contributed by atoms with Crippen LogP contribution in [0.15, 0.2) is 42.2 Å². The molecule has 0 unspecified atom stereocenters. The smallest absolute Gasteiger partial charge is 0.129 e. The van der Waals surface area contributed by atoms with E-state index in [0.29, 0.717) is 12.1 Å². The summed E-state index contributed by atoms with van der Waals surface area (Å²) in [6.45, 7) is 2.52. The summed E-state index contributed by atoms with van der Waals surface area (Å²) >= 11 is 2.10. The van der Waals surface area contributed by atoms with E-state index in [1.165, 1.54) is 0 Å². The first-order valence-electron chi connectivity index (χ1n) is 4.97. The van der Waals surface area contributed by atoms with Crippen LogP contribution in [0, 0.1) is 9.39 Å². The topological polar surface area (TPSA) is 15.3 Å². The number of hydrazine groups is 1. The summed E-state index contributed by atoms with van der Waals surface area (Å²) < 4.78 is 14.5. The van der Waals surface area contributed by atoms with Gasteiger partial charge in [0.2, 0.25) is 0 Å². The van der Waals surface area contributed by atoms with Gasteiger partial charge in [-0.1, -0.05) is 6.07 Å². The third-order valence-electron chi connectivity index (χ3n) is 2.33. The van der Waals surface area contributed by atoms with E-state index in [1.54, 1.807) is 6.07 Å². The van der Waals surface area contributed by atoms with Crippen LogP contribution < -0.4 is 5.43 Å². The molecule has 0 spiro atoms. The minimum absolute atomic E-state index is 0.159. The number of hydrogen-bond donors (Lipinski definition) is 1. The van der Waals surface area contributed by atoms with Crippen molar-refractivity contribution in [2.75, 3.05) is 0 Å². The Kier molecular flexibility index (Phi) is 3.48. The van der Waals surface area contributed by atoms with E-state index in [1.807, 2.05) is 42.5 Å². The van der Waals surface area contributed by atoms with Crippen molar-refractivity contribution < 1.29 is 4.39 Å². The Morgan fingerprint density at radius 3 is 2.88 bits per heavy atom. The Balaban J connectivity index is 2.08. The second-order valence-corrected chi connectivity index (χ2v) is 4.94. The molecule has 0 fully saturated rings. The number of nitrogens with one attached hydrogen (secondary N) is 1. The Labute approximate surface area is 108 Å². The fourth-order valence-corrected chi connectivity index (χ4v) is 1.87. The summed E-state index contributed by atoms with van der Waals surface area (Å²) in [7, 11) is 0. The van der Waals surface area contributed by atoms with Gasteiger partial charge in [-0.3, -0.25) is 5.01 Å². The van der Waals surface area contributed by atoms with Crippen LogP contribution >= 0.6 is 22.6 Å². The fourth-order valence-electron chi connectivity index (χ4n) is 1.42. The second-order valence-electron chi connectivity index (χ2n) is 3.70. The maximum Gasteiger partial charge on any atom is 0.129 e. The average Bonchev–Trinajstić information content (AvgIpc) is 2.25. The van der Waals surface area contributed by atoms with Gasteiger partial charge in [0, 0.05) is 21.5 Å². The van der Waals surface area contributed by atoms with Crippen LogP contribution in [0.5, 0.6) is 0 Å².